The normalized spacial score (nSPS) is 12.9. The van der Waals surface area contributed by atoms with Crippen LogP contribution in [-0.4, -0.2) is 28.6 Å². The molecule has 134 valence electrons. The van der Waals surface area contributed by atoms with Crippen LogP contribution in [0.1, 0.15) is 27.1 Å². The van der Waals surface area contributed by atoms with E-state index in [4.69, 9.17) is 10.4 Å². The number of anilines is 1. The number of nitriles is 2. The molecule has 0 saturated heterocycles. The Balaban J connectivity index is 1.79. The van der Waals surface area contributed by atoms with Crippen LogP contribution in [0.3, 0.4) is 0 Å². The Labute approximate surface area is 159 Å². The number of carbonyl (C=O) groups excluding carboxylic acids is 1. The summed E-state index contributed by atoms with van der Waals surface area (Å²) in [7, 11) is 0. The Hall–Kier alpha value is -3.62. The summed E-state index contributed by atoms with van der Waals surface area (Å²) >= 11 is 1.22. The van der Waals surface area contributed by atoms with Crippen LogP contribution in [0, 0.1) is 22.7 Å². The minimum Gasteiger partial charge on any atom is -0.465 e. The Kier molecular flexibility index (Phi) is 5.20. The SMILES string of the molecule is N#Cc1ccccc1C=CC(=O)Nc1sc2c(c1C#N)CCN(C(=O)O)C2. The van der Waals surface area contributed by atoms with Crippen LogP contribution in [0.5, 0.6) is 0 Å². The zero-order chi connectivity index (χ0) is 19.4. The van der Waals surface area contributed by atoms with Crippen molar-refractivity contribution in [1.82, 2.24) is 4.90 Å². The van der Waals surface area contributed by atoms with Gasteiger partial charge < -0.3 is 15.3 Å². The number of hydrogen-bond donors (Lipinski definition) is 2. The predicted molar refractivity (Wildman–Crippen MR) is 100.0 cm³/mol. The van der Waals surface area contributed by atoms with Crippen LogP contribution < -0.4 is 5.32 Å². The standard InChI is InChI=1S/C19H14N4O3S/c20-9-13-4-2-1-3-12(13)5-6-17(24)22-18-15(10-21)14-7-8-23(19(25)26)11-16(14)27-18/h1-6H,7-8,11H2,(H,22,24)(H,25,26). The molecule has 7 nitrogen and oxygen atoms in total. The van der Waals surface area contributed by atoms with E-state index in [-0.39, 0.29) is 6.54 Å². The van der Waals surface area contributed by atoms with Gasteiger partial charge in [0.2, 0.25) is 5.91 Å². The molecule has 0 aliphatic carbocycles. The maximum atomic E-state index is 12.3. The summed E-state index contributed by atoms with van der Waals surface area (Å²) in [5.41, 5.74) is 2.27. The summed E-state index contributed by atoms with van der Waals surface area (Å²) in [6.07, 6.45) is 2.29. The van der Waals surface area contributed by atoms with Gasteiger partial charge >= 0.3 is 6.09 Å². The third-order valence-electron chi connectivity index (χ3n) is 4.17. The van der Waals surface area contributed by atoms with Gasteiger partial charge in [-0.05, 0) is 29.7 Å². The maximum Gasteiger partial charge on any atom is 0.407 e. The molecule has 2 N–H and O–H groups in total. The number of rotatable bonds is 3. The van der Waals surface area contributed by atoms with E-state index in [0.717, 1.165) is 10.4 Å². The quantitative estimate of drug-likeness (QED) is 0.796. The summed E-state index contributed by atoms with van der Waals surface area (Å²) in [6.45, 7) is 0.539. The molecule has 1 aromatic heterocycles. The highest BCUT2D eigenvalue weighted by Gasteiger charge is 2.27. The van der Waals surface area contributed by atoms with Crippen molar-refractivity contribution >= 4 is 34.4 Å². The average molecular weight is 378 g/mol. The highest BCUT2D eigenvalue weighted by atomic mass is 32.1. The molecule has 0 atom stereocenters. The molecule has 27 heavy (non-hydrogen) atoms. The van der Waals surface area contributed by atoms with Gasteiger partial charge in [0, 0.05) is 17.5 Å². The van der Waals surface area contributed by atoms with Gasteiger partial charge in [-0.3, -0.25) is 4.79 Å². The first kappa shape index (κ1) is 18.2. The smallest absolute Gasteiger partial charge is 0.407 e. The second-order valence-corrected chi connectivity index (χ2v) is 6.90. The van der Waals surface area contributed by atoms with Gasteiger partial charge in [-0.25, -0.2) is 4.79 Å². The highest BCUT2D eigenvalue weighted by molar-refractivity contribution is 7.16. The van der Waals surface area contributed by atoms with E-state index >= 15 is 0 Å². The van der Waals surface area contributed by atoms with E-state index in [1.54, 1.807) is 30.3 Å². The van der Waals surface area contributed by atoms with Crippen molar-refractivity contribution in [3.05, 3.63) is 57.5 Å². The Morgan fingerprint density at radius 2 is 2.04 bits per heavy atom. The minimum absolute atomic E-state index is 0.214. The second-order valence-electron chi connectivity index (χ2n) is 5.80. The van der Waals surface area contributed by atoms with Gasteiger partial charge in [0.05, 0.1) is 23.7 Å². The molecular weight excluding hydrogens is 364 g/mol. The molecule has 2 aromatic rings. The second kappa shape index (κ2) is 7.73. The lowest BCUT2D eigenvalue weighted by molar-refractivity contribution is -0.111. The third-order valence-corrected chi connectivity index (χ3v) is 5.30. The number of carbonyl (C=O) groups is 2. The number of nitrogens with zero attached hydrogens (tertiary/aromatic N) is 3. The fraction of sp³-hybridized carbons (Fsp3) is 0.158. The Morgan fingerprint density at radius 3 is 2.74 bits per heavy atom. The lowest BCUT2D eigenvalue weighted by Gasteiger charge is -2.23. The third kappa shape index (κ3) is 3.81. The molecule has 1 aliphatic rings. The van der Waals surface area contributed by atoms with E-state index in [1.807, 2.05) is 0 Å². The largest absolute Gasteiger partial charge is 0.465 e. The summed E-state index contributed by atoms with van der Waals surface area (Å²) in [5.74, 6) is -0.423. The van der Waals surface area contributed by atoms with Gasteiger partial charge in [0.15, 0.2) is 0 Å². The summed E-state index contributed by atoms with van der Waals surface area (Å²) < 4.78 is 0. The number of carboxylic acid groups (broad SMARTS) is 1. The molecule has 2 heterocycles. The monoisotopic (exact) mass is 378 g/mol. The van der Waals surface area contributed by atoms with Crippen molar-refractivity contribution in [2.24, 2.45) is 0 Å². The molecule has 0 unspecified atom stereocenters. The summed E-state index contributed by atoms with van der Waals surface area (Å²) in [5, 5.41) is 30.8. The summed E-state index contributed by atoms with van der Waals surface area (Å²) in [6, 6.07) is 11.1. The van der Waals surface area contributed by atoms with Gasteiger partial charge in [-0.15, -0.1) is 11.3 Å². The van der Waals surface area contributed by atoms with Crippen LogP contribution in [0.15, 0.2) is 30.3 Å². The van der Waals surface area contributed by atoms with Crippen LogP contribution in [-0.2, 0) is 17.8 Å². The molecule has 1 aliphatic heterocycles. The predicted octanol–water partition coefficient (Wildman–Crippen LogP) is 3.18. The first-order chi connectivity index (χ1) is 13.0. The number of benzene rings is 1. The first-order valence-corrected chi connectivity index (χ1v) is 8.86. The fourth-order valence-electron chi connectivity index (χ4n) is 2.84. The van der Waals surface area contributed by atoms with Crippen molar-refractivity contribution in [2.75, 3.05) is 11.9 Å². The number of hydrogen-bond acceptors (Lipinski definition) is 5. The van der Waals surface area contributed by atoms with Gasteiger partial charge in [0.1, 0.15) is 11.1 Å². The minimum atomic E-state index is -1.00. The lowest BCUT2D eigenvalue weighted by Crippen LogP contribution is -2.34. The Bertz CT molecular complexity index is 1030. The van der Waals surface area contributed by atoms with Gasteiger partial charge in [-0.2, -0.15) is 10.5 Å². The summed E-state index contributed by atoms with van der Waals surface area (Å²) in [4.78, 5) is 25.4. The van der Waals surface area contributed by atoms with Crippen LogP contribution in [0.25, 0.3) is 6.08 Å². The van der Waals surface area contributed by atoms with Crippen molar-refractivity contribution in [1.29, 1.82) is 10.5 Å². The number of nitrogens with one attached hydrogen (secondary N) is 1. The van der Waals surface area contributed by atoms with Crippen LogP contribution in [0.4, 0.5) is 9.80 Å². The fourth-order valence-corrected chi connectivity index (χ4v) is 4.05. The van der Waals surface area contributed by atoms with E-state index in [2.05, 4.69) is 17.5 Å². The number of fused-ring (bicyclic) bond motifs is 1. The average Bonchev–Trinajstić information content (AvgIpc) is 3.02. The molecule has 0 spiro atoms. The highest BCUT2D eigenvalue weighted by Crippen LogP contribution is 2.36. The zero-order valence-electron chi connectivity index (χ0n) is 14.1. The molecule has 0 fully saturated rings. The topological polar surface area (TPSA) is 117 Å². The van der Waals surface area contributed by atoms with E-state index in [9.17, 15) is 14.9 Å². The maximum absolute atomic E-state index is 12.3. The van der Waals surface area contributed by atoms with E-state index in [1.165, 1.54) is 22.3 Å². The molecule has 1 aromatic carbocycles. The van der Waals surface area contributed by atoms with Gasteiger partial charge in [0.25, 0.3) is 0 Å². The first-order valence-electron chi connectivity index (χ1n) is 8.04. The van der Waals surface area contributed by atoms with Gasteiger partial charge in [-0.1, -0.05) is 18.2 Å². The molecule has 8 heteroatoms. The van der Waals surface area contributed by atoms with E-state index in [0.29, 0.717) is 34.7 Å². The Morgan fingerprint density at radius 1 is 1.26 bits per heavy atom. The number of amides is 2. The molecular formula is C19H14N4O3S. The van der Waals surface area contributed by atoms with Crippen molar-refractivity contribution < 1.29 is 14.7 Å². The van der Waals surface area contributed by atoms with Crippen molar-refractivity contribution in [2.45, 2.75) is 13.0 Å². The van der Waals surface area contributed by atoms with Crippen LogP contribution >= 0.6 is 11.3 Å². The van der Waals surface area contributed by atoms with Crippen molar-refractivity contribution in [3.63, 3.8) is 0 Å². The molecule has 0 radical (unpaired) electrons. The molecule has 0 bridgehead atoms. The number of thiophene rings is 1. The van der Waals surface area contributed by atoms with E-state index < -0.39 is 12.0 Å². The lowest BCUT2D eigenvalue weighted by atomic mass is 10.0. The van der Waals surface area contributed by atoms with Crippen molar-refractivity contribution in [3.8, 4) is 12.1 Å². The molecule has 2 amide bonds. The molecule has 0 saturated carbocycles. The van der Waals surface area contributed by atoms with Crippen LogP contribution in [0.2, 0.25) is 0 Å². The molecule has 3 rings (SSSR count). The zero-order valence-corrected chi connectivity index (χ0v) is 14.9.